The summed E-state index contributed by atoms with van der Waals surface area (Å²) in [6.07, 6.45) is 0. The Balaban J connectivity index is 0.00000451. The summed E-state index contributed by atoms with van der Waals surface area (Å²) in [4.78, 5) is 0. The first-order valence-corrected chi connectivity index (χ1v) is 26.7. The first kappa shape index (κ1) is 36.4. The number of benzene rings is 6. The van der Waals surface area contributed by atoms with E-state index in [4.69, 9.17) is 4.65 Å². The first-order chi connectivity index (χ1) is 22.7. The average Bonchev–Trinajstić information content (AvgIpc) is 3.10. The van der Waals surface area contributed by atoms with E-state index < -0.39 is 31.0 Å². The number of hydrogen-bond donors (Lipinski definition) is 0. The van der Waals surface area contributed by atoms with Gasteiger partial charge in [-0.1, -0.05) is 150 Å². The minimum absolute atomic E-state index is 0. The average molecular weight is 742 g/mol. The van der Waals surface area contributed by atoms with Crippen LogP contribution < -0.4 is 31.8 Å². The molecule has 1 nitrogen and oxygen atoms in total. The van der Waals surface area contributed by atoms with Crippen molar-refractivity contribution in [2.75, 3.05) is 0 Å². The Morgan fingerprint density at radius 3 is 0.708 bits per heavy atom. The van der Waals surface area contributed by atoms with Crippen LogP contribution in [0.2, 0.25) is 32.7 Å². The molecule has 0 unspecified atom stereocenters. The number of hydrogen-bond acceptors (Lipinski definition) is 0. The van der Waals surface area contributed by atoms with E-state index in [-0.39, 0.29) is 21.5 Å². The zero-order valence-electron chi connectivity index (χ0n) is 28.6. The van der Waals surface area contributed by atoms with E-state index in [1.165, 1.54) is 31.8 Å². The smallest absolute Gasteiger partial charge is 0.157 e. The Hall–Kier alpha value is -2.93. The van der Waals surface area contributed by atoms with Crippen molar-refractivity contribution in [1.82, 2.24) is 0 Å². The van der Waals surface area contributed by atoms with E-state index in [1.54, 1.807) is 0 Å². The summed E-state index contributed by atoms with van der Waals surface area (Å²) in [7, 11) is -9.35. The Bertz CT molecular complexity index is 1530. The monoisotopic (exact) mass is 740 g/mol. The molecule has 0 amide bonds. The molecule has 0 aliphatic rings. The van der Waals surface area contributed by atoms with Gasteiger partial charge in [-0.25, -0.2) is 0 Å². The third-order valence-corrected chi connectivity index (χ3v) is 31.6. The molecule has 6 aromatic rings. The van der Waals surface area contributed by atoms with Gasteiger partial charge >= 0.3 is 0 Å². The minimum Gasteiger partial charge on any atom is -0.661 e. The fourth-order valence-corrected chi connectivity index (χ4v) is 38.3. The molecule has 48 heavy (non-hydrogen) atoms. The molecule has 6 aromatic carbocycles. The second kappa shape index (κ2) is 15.3. The predicted molar refractivity (Wildman–Crippen MR) is 218 cm³/mol. The van der Waals surface area contributed by atoms with E-state index in [0.29, 0.717) is 0 Å². The van der Waals surface area contributed by atoms with Crippen molar-refractivity contribution in [2.45, 2.75) is 37.8 Å². The maximum atomic E-state index is 6.16. The molecule has 0 N–H and O–H groups in total. The zero-order chi connectivity index (χ0) is 33.0. The first-order valence-electron chi connectivity index (χ1n) is 16.6. The van der Waals surface area contributed by atoms with Gasteiger partial charge in [0.1, 0.15) is 46.4 Å². The second-order valence-corrected chi connectivity index (χ2v) is 31.3. The van der Waals surface area contributed by atoms with Gasteiger partial charge < -0.3 is 4.65 Å². The topological polar surface area (TPSA) is 14.1 Å². The van der Waals surface area contributed by atoms with Crippen LogP contribution in [0.1, 0.15) is 0 Å². The standard InChI is InChI=1S/C42H46NP2Si2.Ni/c1-46(2,3)43-47(4,5)42(44(36-24-12-6-13-25-36,37-26-14-7-15-27-37)38-28-16-8-17-29-38)45(39-30-18-9-19-31-39,40-32-20-10-21-33-40)41-34-22-11-23-35-41;/h6-35,42H,1-5H3;/q+1;. The van der Waals surface area contributed by atoms with Crippen LogP contribution in [0.15, 0.2) is 182 Å². The summed E-state index contributed by atoms with van der Waals surface area (Å²) in [5.41, 5.74) is 0. The minimum atomic E-state index is -2.55. The van der Waals surface area contributed by atoms with Gasteiger partial charge in [-0.2, -0.15) is 0 Å². The van der Waals surface area contributed by atoms with Crippen LogP contribution >= 0.6 is 14.5 Å². The molecule has 0 atom stereocenters. The second-order valence-electron chi connectivity index (χ2n) is 13.8. The summed E-state index contributed by atoms with van der Waals surface area (Å²) in [6.45, 7) is 12.5. The van der Waals surface area contributed by atoms with Crippen molar-refractivity contribution < 1.29 is 16.5 Å². The van der Waals surface area contributed by atoms with Gasteiger partial charge in [-0.3, -0.25) is 0 Å². The molecule has 0 aromatic heterocycles. The van der Waals surface area contributed by atoms with Crippen LogP contribution in [0.25, 0.3) is 4.65 Å². The molecule has 6 heteroatoms. The molecule has 0 heterocycles. The number of nitrogens with zero attached hydrogens (tertiary/aromatic N) is 1. The van der Waals surface area contributed by atoms with Crippen molar-refractivity contribution in [3.63, 3.8) is 0 Å². The maximum Gasteiger partial charge on any atom is 0.157 e. The van der Waals surface area contributed by atoms with Crippen LogP contribution in [0.3, 0.4) is 0 Å². The van der Waals surface area contributed by atoms with Gasteiger partial charge in [0.25, 0.3) is 0 Å². The van der Waals surface area contributed by atoms with Gasteiger partial charge in [0.05, 0.1) is 0 Å². The van der Waals surface area contributed by atoms with E-state index in [9.17, 15) is 0 Å². The molecule has 6 rings (SSSR count). The van der Waals surface area contributed by atoms with Gasteiger partial charge in [0, 0.05) is 24.7 Å². The van der Waals surface area contributed by atoms with Gasteiger partial charge in [-0.05, 0) is 72.8 Å². The summed E-state index contributed by atoms with van der Waals surface area (Å²) in [5, 5.41) is 8.82. The Kier molecular flexibility index (Phi) is 11.6. The summed E-state index contributed by atoms with van der Waals surface area (Å²) in [6, 6.07) is 69.2. The van der Waals surface area contributed by atoms with E-state index in [1.807, 2.05) is 0 Å². The van der Waals surface area contributed by atoms with Gasteiger partial charge in [0.2, 0.25) is 0 Å². The molecular formula is C42H46NNiP2Si2+. The molecule has 0 radical (unpaired) electrons. The van der Waals surface area contributed by atoms with Crippen molar-refractivity contribution in [2.24, 2.45) is 0 Å². The SMILES string of the molecule is C[Si](C)(C)[N-][Si](C)(C)C([P+](c1ccccc1)(c1ccccc1)c1ccccc1)[P+](c1ccccc1)(c1ccccc1)c1ccccc1.[Ni]. The maximum absolute atomic E-state index is 6.16. The molecular weight excluding hydrogens is 695 g/mol. The summed E-state index contributed by atoms with van der Waals surface area (Å²) >= 11 is 0. The van der Waals surface area contributed by atoms with Crippen molar-refractivity contribution in [3.05, 3.63) is 187 Å². The van der Waals surface area contributed by atoms with Crippen LogP contribution in [0.4, 0.5) is 0 Å². The predicted octanol–water partition coefficient (Wildman–Crippen LogP) is 9.25. The Morgan fingerprint density at radius 1 is 0.354 bits per heavy atom. The van der Waals surface area contributed by atoms with E-state index >= 15 is 0 Å². The van der Waals surface area contributed by atoms with Crippen molar-refractivity contribution >= 4 is 62.8 Å². The largest absolute Gasteiger partial charge is 0.661 e. The van der Waals surface area contributed by atoms with Crippen LogP contribution in [0.5, 0.6) is 0 Å². The van der Waals surface area contributed by atoms with E-state index in [0.717, 1.165) is 0 Å². The van der Waals surface area contributed by atoms with Crippen LogP contribution in [0, 0.1) is 0 Å². The quantitative estimate of drug-likeness (QED) is 0.0930. The van der Waals surface area contributed by atoms with Crippen molar-refractivity contribution in [1.29, 1.82) is 0 Å². The molecule has 0 bridgehead atoms. The fraction of sp³-hybridized carbons (Fsp3) is 0.143. The Morgan fingerprint density at radius 2 is 0.542 bits per heavy atom. The van der Waals surface area contributed by atoms with Crippen LogP contribution in [-0.4, -0.2) is 21.5 Å². The number of rotatable bonds is 11. The molecule has 0 aliphatic heterocycles. The molecule has 0 saturated heterocycles. The Labute approximate surface area is 302 Å². The third kappa shape index (κ3) is 6.90. The van der Waals surface area contributed by atoms with Gasteiger partial charge in [0.15, 0.2) is 5.02 Å². The fourth-order valence-electron chi connectivity index (χ4n) is 7.85. The summed E-state index contributed by atoms with van der Waals surface area (Å²) < 4.78 is 6.16. The van der Waals surface area contributed by atoms with Crippen molar-refractivity contribution in [3.8, 4) is 0 Å². The van der Waals surface area contributed by atoms with E-state index in [2.05, 4.69) is 215 Å². The van der Waals surface area contributed by atoms with Crippen LogP contribution in [-0.2, 0) is 16.5 Å². The molecule has 0 spiro atoms. The molecule has 246 valence electrons. The zero-order valence-corrected chi connectivity index (χ0v) is 33.3. The molecule has 0 fully saturated rings. The molecule has 0 saturated carbocycles. The normalized spacial score (nSPS) is 12.4. The summed E-state index contributed by atoms with van der Waals surface area (Å²) in [5.74, 6) is 0. The van der Waals surface area contributed by atoms with Gasteiger partial charge in [-0.15, -0.1) is 0 Å². The molecule has 0 aliphatic carbocycles. The third-order valence-electron chi connectivity index (χ3n) is 8.97.